The Morgan fingerprint density at radius 2 is 2.20 bits per heavy atom. The number of sulfone groups is 1. The van der Waals surface area contributed by atoms with Crippen molar-refractivity contribution in [1.29, 1.82) is 0 Å². The lowest BCUT2D eigenvalue weighted by Gasteiger charge is -2.02. The zero-order chi connectivity index (χ0) is 11.3. The summed E-state index contributed by atoms with van der Waals surface area (Å²) in [7, 11) is -2.87. The fourth-order valence-electron chi connectivity index (χ4n) is 1.01. The molecule has 0 aliphatic heterocycles. The third kappa shape index (κ3) is 4.17. The Labute approximate surface area is 94.7 Å². The Morgan fingerprint density at radius 1 is 1.47 bits per heavy atom. The molecule has 86 valence electrons. The first-order valence-corrected chi connectivity index (χ1v) is 7.66. The van der Waals surface area contributed by atoms with E-state index < -0.39 is 9.84 Å². The molecule has 0 aliphatic rings. The summed E-state index contributed by atoms with van der Waals surface area (Å²) in [6.07, 6.45) is 0.908. The first-order valence-electron chi connectivity index (χ1n) is 4.96. The van der Waals surface area contributed by atoms with Crippen LogP contribution in [0.1, 0.15) is 19.5 Å². The second-order valence-corrected chi connectivity index (χ2v) is 6.49. The molecule has 1 rings (SSSR count). The van der Waals surface area contributed by atoms with Gasteiger partial charge in [0.1, 0.15) is 0 Å². The van der Waals surface area contributed by atoms with Crippen molar-refractivity contribution >= 4 is 26.3 Å². The maximum Gasteiger partial charge on any atom is 0.182 e. The Balaban J connectivity index is 2.38. The number of thiazole rings is 1. The van der Waals surface area contributed by atoms with E-state index in [0.717, 1.165) is 17.2 Å². The number of hydrogen-bond donors (Lipinski definition) is 1. The largest absolute Gasteiger partial charge is 0.360 e. The van der Waals surface area contributed by atoms with Crippen LogP contribution >= 0.6 is 11.3 Å². The van der Waals surface area contributed by atoms with Gasteiger partial charge in [0.2, 0.25) is 0 Å². The highest BCUT2D eigenvalue weighted by molar-refractivity contribution is 7.91. The van der Waals surface area contributed by atoms with E-state index in [9.17, 15) is 8.42 Å². The summed E-state index contributed by atoms with van der Waals surface area (Å²) in [5.74, 6) is 0.372. The molecule has 6 heteroatoms. The lowest BCUT2D eigenvalue weighted by molar-refractivity contribution is 0.597. The number of aryl methyl sites for hydroxylation is 1. The average molecular weight is 248 g/mol. The molecule has 0 saturated carbocycles. The molecular weight excluding hydrogens is 232 g/mol. The molecule has 0 bridgehead atoms. The Hall–Kier alpha value is -0.620. The number of anilines is 1. The molecule has 15 heavy (non-hydrogen) atoms. The van der Waals surface area contributed by atoms with Gasteiger partial charge in [0.25, 0.3) is 0 Å². The van der Waals surface area contributed by atoms with Crippen LogP contribution in [0.25, 0.3) is 0 Å². The molecule has 0 unspecified atom stereocenters. The second kappa shape index (κ2) is 5.46. The second-order valence-electron chi connectivity index (χ2n) is 3.16. The molecule has 1 heterocycles. The van der Waals surface area contributed by atoms with E-state index in [1.165, 1.54) is 11.3 Å². The molecule has 0 atom stereocenters. The summed E-state index contributed by atoms with van der Waals surface area (Å²) in [5.41, 5.74) is 1.04. The highest BCUT2D eigenvalue weighted by Crippen LogP contribution is 2.15. The zero-order valence-corrected chi connectivity index (χ0v) is 10.6. The van der Waals surface area contributed by atoms with Crippen LogP contribution in [0, 0.1) is 0 Å². The van der Waals surface area contributed by atoms with Gasteiger partial charge in [-0.1, -0.05) is 13.8 Å². The van der Waals surface area contributed by atoms with Gasteiger partial charge in [0, 0.05) is 17.7 Å². The Bertz CT molecular complexity index is 398. The van der Waals surface area contributed by atoms with Gasteiger partial charge in [-0.05, 0) is 6.42 Å². The smallest absolute Gasteiger partial charge is 0.182 e. The average Bonchev–Trinajstić information content (AvgIpc) is 2.66. The molecule has 1 N–H and O–H groups in total. The summed E-state index contributed by atoms with van der Waals surface area (Å²) in [6.45, 7) is 4.14. The van der Waals surface area contributed by atoms with Gasteiger partial charge in [-0.3, -0.25) is 0 Å². The SMILES string of the molecule is CCc1csc(NCCS(=O)(=O)CC)n1. The predicted molar refractivity (Wildman–Crippen MR) is 64.3 cm³/mol. The predicted octanol–water partition coefficient (Wildman–Crippen LogP) is 1.55. The molecular formula is C9H16N2O2S2. The number of rotatable bonds is 6. The molecule has 0 aliphatic carbocycles. The third-order valence-corrected chi connectivity index (χ3v) is 4.60. The molecule has 0 fully saturated rings. The van der Waals surface area contributed by atoms with Crippen LogP contribution in [0.4, 0.5) is 5.13 Å². The van der Waals surface area contributed by atoms with Crippen molar-refractivity contribution in [2.75, 3.05) is 23.4 Å². The van der Waals surface area contributed by atoms with Crippen LogP contribution in [0.2, 0.25) is 0 Å². The Kier molecular flexibility index (Phi) is 4.53. The number of aromatic nitrogens is 1. The van der Waals surface area contributed by atoms with Gasteiger partial charge in [-0.15, -0.1) is 11.3 Å². The minimum Gasteiger partial charge on any atom is -0.360 e. The normalized spacial score (nSPS) is 11.6. The van der Waals surface area contributed by atoms with Crippen molar-refractivity contribution in [1.82, 2.24) is 4.98 Å². The van der Waals surface area contributed by atoms with Crippen molar-refractivity contribution in [2.45, 2.75) is 20.3 Å². The lowest BCUT2D eigenvalue weighted by Crippen LogP contribution is -2.17. The van der Waals surface area contributed by atoms with Gasteiger partial charge in [-0.25, -0.2) is 13.4 Å². The summed E-state index contributed by atoms with van der Waals surface area (Å²) in [4.78, 5) is 4.29. The first-order chi connectivity index (χ1) is 7.07. The van der Waals surface area contributed by atoms with Crippen molar-refractivity contribution in [3.63, 3.8) is 0 Å². The van der Waals surface area contributed by atoms with E-state index in [4.69, 9.17) is 0 Å². The topological polar surface area (TPSA) is 59.1 Å². The van der Waals surface area contributed by atoms with Crippen molar-refractivity contribution in [3.05, 3.63) is 11.1 Å². The van der Waals surface area contributed by atoms with Gasteiger partial charge in [-0.2, -0.15) is 0 Å². The maximum atomic E-state index is 11.2. The quantitative estimate of drug-likeness (QED) is 0.830. The molecule has 1 aromatic heterocycles. The zero-order valence-electron chi connectivity index (χ0n) is 8.99. The van der Waals surface area contributed by atoms with Crippen LogP contribution in [-0.2, 0) is 16.3 Å². The number of hydrogen-bond acceptors (Lipinski definition) is 5. The van der Waals surface area contributed by atoms with E-state index in [1.807, 2.05) is 12.3 Å². The minimum atomic E-state index is -2.87. The summed E-state index contributed by atoms with van der Waals surface area (Å²) >= 11 is 1.52. The van der Waals surface area contributed by atoms with Crippen LogP contribution in [0.3, 0.4) is 0 Å². The highest BCUT2D eigenvalue weighted by atomic mass is 32.2. The van der Waals surface area contributed by atoms with Crippen LogP contribution in [0.15, 0.2) is 5.38 Å². The lowest BCUT2D eigenvalue weighted by atomic mass is 10.4. The molecule has 0 amide bonds. The van der Waals surface area contributed by atoms with E-state index in [-0.39, 0.29) is 11.5 Å². The van der Waals surface area contributed by atoms with E-state index >= 15 is 0 Å². The number of nitrogens with zero attached hydrogens (tertiary/aromatic N) is 1. The summed E-state index contributed by atoms with van der Waals surface area (Å²) in [6, 6.07) is 0. The molecule has 1 aromatic rings. The maximum absolute atomic E-state index is 11.2. The van der Waals surface area contributed by atoms with Gasteiger partial charge >= 0.3 is 0 Å². The number of nitrogens with one attached hydrogen (secondary N) is 1. The fourth-order valence-corrected chi connectivity index (χ4v) is 2.53. The van der Waals surface area contributed by atoms with E-state index in [0.29, 0.717) is 6.54 Å². The minimum absolute atomic E-state index is 0.171. The fraction of sp³-hybridized carbons (Fsp3) is 0.667. The monoisotopic (exact) mass is 248 g/mol. The van der Waals surface area contributed by atoms with Gasteiger partial charge in [0.05, 0.1) is 11.4 Å². The van der Waals surface area contributed by atoms with Gasteiger partial charge < -0.3 is 5.32 Å². The van der Waals surface area contributed by atoms with Crippen LogP contribution in [-0.4, -0.2) is 31.5 Å². The van der Waals surface area contributed by atoms with Crippen LogP contribution < -0.4 is 5.32 Å². The Morgan fingerprint density at radius 3 is 2.73 bits per heavy atom. The standard InChI is InChI=1S/C9H16N2O2S2/c1-3-8-7-14-9(11-8)10-5-6-15(12,13)4-2/h7H,3-6H2,1-2H3,(H,10,11). The summed E-state index contributed by atoms with van der Waals surface area (Å²) in [5, 5.41) is 5.80. The van der Waals surface area contributed by atoms with Crippen molar-refractivity contribution in [2.24, 2.45) is 0 Å². The molecule has 0 saturated heterocycles. The third-order valence-electron chi connectivity index (χ3n) is 2.04. The van der Waals surface area contributed by atoms with Crippen LogP contribution in [0.5, 0.6) is 0 Å². The molecule has 0 aromatic carbocycles. The molecule has 4 nitrogen and oxygen atoms in total. The van der Waals surface area contributed by atoms with E-state index in [1.54, 1.807) is 6.92 Å². The molecule has 0 radical (unpaired) electrons. The molecule has 0 spiro atoms. The summed E-state index contributed by atoms with van der Waals surface area (Å²) < 4.78 is 22.4. The van der Waals surface area contributed by atoms with Crippen molar-refractivity contribution in [3.8, 4) is 0 Å². The van der Waals surface area contributed by atoms with Crippen molar-refractivity contribution < 1.29 is 8.42 Å². The van der Waals surface area contributed by atoms with E-state index in [2.05, 4.69) is 10.3 Å². The van der Waals surface area contributed by atoms with Gasteiger partial charge in [0.15, 0.2) is 15.0 Å². The highest BCUT2D eigenvalue weighted by Gasteiger charge is 2.07. The first kappa shape index (κ1) is 12.4.